The number of imidazole rings is 1. The van der Waals surface area contributed by atoms with Crippen LogP contribution in [0.5, 0.6) is 0 Å². The van der Waals surface area contributed by atoms with Gasteiger partial charge in [0.1, 0.15) is 12.7 Å². The summed E-state index contributed by atoms with van der Waals surface area (Å²) >= 11 is 1.83. The average molecular weight is 463 g/mol. The van der Waals surface area contributed by atoms with E-state index in [2.05, 4.69) is 56.2 Å². The summed E-state index contributed by atoms with van der Waals surface area (Å²) in [6.45, 7) is 7.16. The van der Waals surface area contributed by atoms with Crippen LogP contribution < -0.4 is 4.90 Å². The van der Waals surface area contributed by atoms with Crippen molar-refractivity contribution in [2.45, 2.75) is 6.92 Å². The first kappa shape index (κ1) is 20.7. The fourth-order valence-electron chi connectivity index (χ4n) is 5.20. The van der Waals surface area contributed by atoms with E-state index in [0.29, 0.717) is 11.1 Å². The quantitative estimate of drug-likeness (QED) is 0.650. The van der Waals surface area contributed by atoms with Gasteiger partial charge >= 0.3 is 0 Å². The maximum Gasteiger partial charge on any atom is 0.256 e. The topological polar surface area (TPSA) is 57.5 Å². The van der Waals surface area contributed by atoms with Crippen LogP contribution in [0.2, 0.25) is 0 Å². The first-order valence-corrected chi connectivity index (χ1v) is 12.6. The lowest BCUT2D eigenvalue weighted by molar-refractivity contribution is -0.948. The lowest BCUT2D eigenvalue weighted by Crippen LogP contribution is -2.60. The highest BCUT2D eigenvalue weighted by Gasteiger charge is 2.48. The summed E-state index contributed by atoms with van der Waals surface area (Å²) in [5.74, 6) is 3.02. The van der Waals surface area contributed by atoms with Crippen LogP contribution in [0, 0.1) is 6.92 Å². The molecule has 2 aromatic heterocycles. The molecule has 2 aromatic rings. The third-order valence-electron chi connectivity index (χ3n) is 6.87. The molecule has 0 bridgehead atoms. The molecule has 0 radical (unpaired) electrons. The van der Waals surface area contributed by atoms with Crippen LogP contribution in [0.4, 0.5) is 5.95 Å². The molecule has 0 spiro atoms. The van der Waals surface area contributed by atoms with Crippen molar-refractivity contribution in [2.24, 2.45) is 0 Å². The van der Waals surface area contributed by atoms with Crippen molar-refractivity contribution >= 4 is 23.6 Å². The number of aromatic nitrogens is 3. The zero-order valence-corrected chi connectivity index (χ0v) is 19.6. The monoisotopic (exact) mass is 462 g/mol. The number of fused-ring (bicyclic) bond motifs is 1. The van der Waals surface area contributed by atoms with E-state index in [1.165, 1.54) is 5.70 Å². The summed E-state index contributed by atoms with van der Waals surface area (Å²) in [5, 5.41) is 2.49. The Labute approximate surface area is 198 Å². The lowest BCUT2D eigenvalue weighted by Gasteiger charge is -2.44. The van der Waals surface area contributed by atoms with Crippen LogP contribution in [0.15, 0.2) is 66.4 Å². The van der Waals surface area contributed by atoms with Crippen molar-refractivity contribution in [1.82, 2.24) is 24.4 Å². The second kappa shape index (κ2) is 8.16. The summed E-state index contributed by atoms with van der Waals surface area (Å²) in [5.41, 5.74) is 4.15. The second-order valence-corrected chi connectivity index (χ2v) is 9.97. The first-order chi connectivity index (χ1) is 16.1. The number of thioether (sulfide) groups is 1. The van der Waals surface area contributed by atoms with E-state index in [-0.39, 0.29) is 5.91 Å². The number of hydrogen-bond donors (Lipinski definition) is 0. The molecule has 1 atom stereocenters. The molecular weight excluding hydrogens is 434 g/mol. The number of carbonyl (C=O) groups excluding carboxylic acids is 1. The normalized spacial score (nSPS) is 24.9. The molecule has 8 nitrogen and oxygen atoms in total. The standard InChI is InChI=1S/C24H28N7OS/c1-19-16-30(21-4-2-6-25-15-21)24(26-19)27-7-9-29(10-8-27)31-12-3-5-22(31)14-20(17-31)23(32)28-11-13-33-18-28/h2-6,12,14-16H,7-11,13,17-18H2,1H3/q+1/t31-/m1/s1. The van der Waals surface area contributed by atoms with Gasteiger partial charge in [-0.05, 0) is 25.1 Å². The number of carbonyl (C=O) groups is 1. The number of allylic oxidation sites excluding steroid dienone is 3. The first-order valence-electron chi connectivity index (χ1n) is 11.5. The summed E-state index contributed by atoms with van der Waals surface area (Å²) in [4.78, 5) is 26.5. The Hall–Kier alpha value is -2.88. The minimum absolute atomic E-state index is 0.203. The summed E-state index contributed by atoms with van der Waals surface area (Å²) in [6, 6.07) is 4.02. The van der Waals surface area contributed by atoms with Crippen LogP contribution >= 0.6 is 11.8 Å². The van der Waals surface area contributed by atoms with Crippen molar-refractivity contribution < 1.29 is 9.39 Å². The van der Waals surface area contributed by atoms with Gasteiger partial charge in [-0.15, -0.1) is 16.8 Å². The SMILES string of the molecule is Cc1cn(-c2cccnc2)c(N2CCN([N@@+]34C=CC=C3C=C(C(=O)N3CCSC3)C4)CC2)n1. The molecule has 4 aliphatic heterocycles. The Bertz CT molecular complexity index is 1160. The van der Waals surface area contributed by atoms with Crippen molar-refractivity contribution in [1.29, 1.82) is 0 Å². The third-order valence-corrected chi connectivity index (χ3v) is 7.84. The van der Waals surface area contributed by atoms with Crippen molar-refractivity contribution in [2.75, 3.05) is 55.8 Å². The number of aryl methyl sites for hydroxylation is 1. The largest absolute Gasteiger partial charge is 0.339 e. The van der Waals surface area contributed by atoms with Gasteiger partial charge in [-0.3, -0.25) is 14.3 Å². The van der Waals surface area contributed by atoms with Crippen molar-refractivity contribution in [3.05, 3.63) is 72.1 Å². The summed E-state index contributed by atoms with van der Waals surface area (Å²) in [7, 11) is 0. The predicted octanol–water partition coefficient (Wildman–Crippen LogP) is 2.31. The molecule has 0 saturated carbocycles. The molecule has 2 fully saturated rings. The molecule has 2 saturated heterocycles. The lowest BCUT2D eigenvalue weighted by atomic mass is 10.2. The van der Waals surface area contributed by atoms with E-state index in [1.54, 1.807) is 6.20 Å². The van der Waals surface area contributed by atoms with Gasteiger partial charge in [0, 0.05) is 49.9 Å². The molecule has 6 rings (SSSR count). The minimum Gasteiger partial charge on any atom is -0.339 e. The summed E-state index contributed by atoms with van der Waals surface area (Å²) in [6.07, 6.45) is 14.4. The highest BCUT2D eigenvalue weighted by Crippen LogP contribution is 2.38. The molecule has 170 valence electrons. The van der Waals surface area contributed by atoms with Gasteiger partial charge < -0.3 is 9.80 Å². The number of nitrogens with zero attached hydrogens (tertiary/aromatic N) is 7. The summed E-state index contributed by atoms with van der Waals surface area (Å²) < 4.78 is 2.78. The molecule has 0 aromatic carbocycles. The molecule has 0 N–H and O–H groups in total. The Morgan fingerprint density at radius 3 is 2.82 bits per heavy atom. The Morgan fingerprint density at radius 1 is 1.18 bits per heavy atom. The van der Waals surface area contributed by atoms with Gasteiger partial charge in [-0.2, -0.15) is 4.59 Å². The Kier molecular flexibility index (Phi) is 5.12. The van der Waals surface area contributed by atoms with Crippen LogP contribution in [0.1, 0.15) is 5.69 Å². The number of quaternary nitrogens is 1. The fraction of sp³-hybridized carbons (Fsp3) is 0.375. The Balaban J connectivity index is 1.18. The minimum atomic E-state index is 0.203. The molecule has 1 amide bonds. The van der Waals surface area contributed by atoms with Crippen LogP contribution in [0.25, 0.3) is 5.69 Å². The number of amides is 1. The van der Waals surface area contributed by atoms with Crippen LogP contribution in [-0.4, -0.2) is 85.8 Å². The van der Waals surface area contributed by atoms with Crippen molar-refractivity contribution in [3.63, 3.8) is 0 Å². The number of piperazine rings is 1. The molecule has 0 aliphatic carbocycles. The Morgan fingerprint density at radius 2 is 2.06 bits per heavy atom. The van der Waals surface area contributed by atoms with Crippen LogP contribution in [0.3, 0.4) is 0 Å². The highest BCUT2D eigenvalue weighted by molar-refractivity contribution is 7.99. The van der Waals surface area contributed by atoms with E-state index in [9.17, 15) is 4.79 Å². The van der Waals surface area contributed by atoms with Gasteiger partial charge in [-0.1, -0.05) is 0 Å². The molecular formula is C24H28N7OS+. The van der Waals surface area contributed by atoms with Crippen LogP contribution in [-0.2, 0) is 4.79 Å². The number of rotatable bonds is 4. The molecule has 33 heavy (non-hydrogen) atoms. The smallest absolute Gasteiger partial charge is 0.256 e. The van der Waals surface area contributed by atoms with Crippen molar-refractivity contribution in [3.8, 4) is 5.69 Å². The van der Waals surface area contributed by atoms with Gasteiger partial charge in [0.2, 0.25) is 5.95 Å². The van der Waals surface area contributed by atoms with Gasteiger partial charge in [0.25, 0.3) is 5.91 Å². The molecule has 9 heteroatoms. The van der Waals surface area contributed by atoms with Gasteiger partial charge in [0.05, 0.1) is 42.1 Å². The zero-order chi connectivity index (χ0) is 22.4. The molecule has 6 heterocycles. The average Bonchev–Trinajstić information content (AvgIpc) is 3.62. The predicted molar refractivity (Wildman–Crippen MR) is 129 cm³/mol. The number of pyridine rings is 1. The maximum absolute atomic E-state index is 13.1. The van der Waals surface area contributed by atoms with E-state index in [4.69, 9.17) is 4.98 Å². The maximum atomic E-state index is 13.1. The van der Waals surface area contributed by atoms with E-state index < -0.39 is 0 Å². The van der Waals surface area contributed by atoms with Gasteiger partial charge in [0.15, 0.2) is 5.70 Å². The van der Waals surface area contributed by atoms with E-state index in [1.807, 2.05) is 35.8 Å². The highest BCUT2D eigenvalue weighted by atomic mass is 32.2. The molecule has 0 unspecified atom stereocenters. The zero-order valence-electron chi connectivity index (χ0n) is 18.8. The molecule has 4 aliphatic rings. The third kappa shape index (κ3) is 3.51. The van der Waals surface area contributed by atoms with E-state index in [0.717, 1.165) is 67.3 Å². The number of anilines is 1. The fourth-order valence-corrected chi connectivity index (χ4v) is 6.14. The van der Waals surface area contributed by atoms with E-state index >= 15 is 0 Å². The van der Waals surface area contributed by atoms with Gasteiger partial charge in [-0.25, -0.2) is 4.98 Å². The number of hydrogen-bond acceptors (Lipinski definition) is 6. The second-order valence-electron chi connectivity index (χ2n) is 8.90.